The third-order valence-corrected chi connectivity index (χ3v) is 3.15. The maximum Gasteiger partial charge on any atom is 0.131 e. The second kappa shape index (κ2) is 6.68. The van der Waals surface area contributed by atoms with Gasteiger partial charge in [0.1, 0.15) is 5.82 Å². The van der Waals surface area contributed by atoms with Gasteiger partial charge < -0.3 is 11.1 Å². The molecule has 1 heterocycles. The summed E-state index contributed by atoms with van der Waals surface area (Å²) in [7, 11) is 0. The van der Waals surface area contributed by atoms with Gasteiger partial charge in [-0.1, -0.05) is 37.6 Å². The lowest BCUT2D eigenvalue weighted by Gasteiger charge is -2.13. The average molecular weight is 291 g/mol. The Balaban J connectivity index is 2.45. The second-order valence-electron chi connectivity index (χ2n) is 4.87. The fourth-order valence-electron chi connectivity index (χ4n) is 1.84. The summed E-state index contributed by atoms with van der Waals surface area (Å²) in [5, 5.41) is 3.97. The highest BCUT2D eigenvalue weighted by Gasteiger charge is 2.11. The van der Waals surface area contributed by atoms with Crippen molar-refractivity contribution in [3.05, 3.63) is 41.3 Å². The number of rotatable bonds is 5. The molecule has 0 saturated carbocycles. The van der Waals surface area contributed by atoms with E-state index in [1.54, 1.807) is 0 Å². The van der Waals surface area contributed by atoms with Crippen LogP contribution in [-0.2, 0) is 0 Å². The molecule has 0 fully saturated rings. The van der Waals surface area contributed by atoms with E-state index in [2.05, 4.69) is 29.1 Å². The summed E-state index contributed by atoms with van der Waals surface area (Å²) in [5.74, 6) is 1.11. The van der Waals surface area contributed by atoms with Gasteiger partial charge in [0, 0.05) is 29.6 Å². The largest absolute Gasteiger partial charge is 0.381 e. The van der Waals surface area contributed by atoms with Gasteiger partial charge in [-0.2, -0.15) is 0 Å². The first kappa shape index (κ1) is 14.8. The highest BCUT2D eigenvalue weighted by atomic mass is 35.5. The molecule has 20 heavy (non-hydrogen) atoms. The fraction of sp³-hybridized carbons (Fsp3) is 0.333. The maximum absolute atomic E-state index is 5.94. The van der Waals surface area contributed by atoms with Gasteiger partial charge >= 0.3 is 0 Å². The Bertz CT molecular complexity index is 567. The van der Waals surface area contributed by atoms with E-state index in [4.69, 9.17) is 17.3 Å². The van der Waals surface area contributed by atoms with Gasteiger partial charge in [0.2, 0.25) is 0 Å². The highest BCUT2D eigenvalue weighted by molar-refractivity contribution is 6.30. The minimum absolute atomic E-state index is 0.282. The van der Waals surface area contributed by atoms with Crippen LogP contribution in [0.2, 0.25) is 5.02 Å². The van der Waals surface area contributed by atoms with Crippen molar-refractivity contribution in [3.8, 4) is 11.3 Å². The van der Waals surface area contributed by atoms with E-state index in [1.165, 1.54) is 0 Å². The SMILES string of the molecule is CC(C)c1ncc(NCCN)c(-c2ccc(Cl)cc2)n1. The smallest absolute Gasteiger partial charge is 0.131 e. The number of hydrogen-bond donors (Lipinski definition) is 2. The molecule has 5 heteroatoms. The van der Waals surface area contributed by atoms with Crippen LogP contribution < -0.4 is 11.1 Å². The van der Waals surface area contributed by atoms with Crippen LogP contribution in [-0.4, -0.2) is 23.1 Å². The summed E-state index contributed by atoms with van der Waals surface area (Å²) >= 11 is 5.94. The van der Waals surface area contributed by atoms with Crippen molar-refractivity contribution in [2.45, 2.75) is 19.8 Å². The van der Waals surface area contributed by atoms with E-state index >= 15 is 0 Å². The number of nitrogens with zero attached hydrogens (tertiary/aromatic N) is 2. The Morgan fingerprint density at radius 3 is 2.55 bits per heavy atom. The Labute approximate surface area is 124 Å². The first-order valence-corrected chi connectivity index (χ1v) is 7.06. The zero-order chi connectivity index (χ0) is 14.5. The van der Waals surface area contributed by atoms with Gasteiger partial charge in [-0.25, -0.2) is 9.97 Å². The third kappa shape index (κ3) is 3.46. The minimum atomic E-state index is 0.282. The first-order chi connectivity index (χ1) is 9.61. The predicted molar refractivity (Wildman–Crippen MR) is 84.1 cm³/mol. The lowest BCUT2D eigenvalue weighted by molar-refractivity contribution is 0.776. The van der Waals surface area contributed by atoms with Crippen LogP contribution in [0.1, 0.15) is 25.6 Å². The summed E-state index contributed by atoms with van der Waals surface area (Å²) in [6.45, 7) is 5.40. The van der Waals surface area contributed by atoms with Crippen molar-refractivity contribution in [3.63, 3.8) is 0 Å². The van der Waals surface area contributed by atoms with Crippen molar-refractivity contribution >= 4 is 17.3 Å². The Morgan fingerprint density at radius 1 is 1.25 bits per heavy atom. The van der Waals surface area contributed by atoms with E-state index in [0.29, 0.717) is 18.1 Å². The van der Waals surface area contributed by atoms with E-state index in [9.17, 15) is 0 Å². The molecule has 4 nitrogen and oxygen atoms in total. The quantitative estimate of drug-likeness (QED) is 0.887. The van der Waals surface area contributed by atoms with E-state index in [1.807, 2.05) is 30.5 Å². The molecule has 2 rings (SSSR count). The van der Waals surface area contributed by atoms with Crippen molar-refractivity contribution in [2.75, 3.05) is 18.4 Å². The van der Waals surface area contributed by atoms with Crippen LogP contribution in [0.3, 0.4) is 0 Å². The van der Waals surface area contributed by atoms with Crippen LogP contribution in [0.5, 0.6) is 0 Å². The van der Waals surface area contributed by atoms with Crippen molar-refractivity contribution in [1.82, 2.24) is 9.97 Å². The summed E-state index contributed by atoms with van der Waals surface area (Å²) in [4.78, 5) is 9.06. The van der Waals surface area contributed by atoms with Crippen molar-refractivity contribution in [1.29, 1.82) is 0 Å². The standard InChI is InChI=1S/C15H19ClN4/c1-10(2)15-19-9-13(18-8-7-17)14(20-15)11-3-5-12(16)6-4-11/h3-6,9-10,18H,7-8,17H2,1-2H3. The van der Waals surface area contributed by atoms with E-state index in [-0.39, 0.29) is 5.92 Å². The molecule has 3 N–H and O–H groups in total. The molecule has 0 atom stereocenters. The molecule has 0 aliphatic heterocycles. The Kier molecular flexibility index (Phi) is 4.93. The number of anilines is 1. The molecule has 0 saturated heterocycles. The molecule has 0 aliphatic rings. The van der Waals surface area contributed by atoms with Gasteiger partial charge in [-0.15, -0.1) is 0 Å². The molecule has 0 aliphatic carbocycles. The second-order valence-corrected chi connectivity index (χ2v) is 5.30. The van der Waals surface area contributed by atoms with Crippen LogP contribution in [0.15, 0.2) is 30.5 Å². The van der Waals surface area contributed by atoms with Crippen LogP contribution in [0, 0.1) is 0 Å². The molecule has 2 aromatic rings. The lowest BCUT2D eigenvalue weighted by atomic mass is 10.1. The summed E-state index contributed by atoms with van der Waals surface area (Å²) in [6.07, 6.45) is 1.82. The van der Waals surface area contributed by atoms with Crippen molar-refractivity contribution < 1.29 is 0 Å². The molecular weight excluding hydrogens is 272 g/mol. The Morgan fingerprint density at radius 2 is 1.95 bits per heavy atom. The number of benzene rings is 1. The molecule has 106 valence electrons. The van der Waals surface area contributed by atoms with Crippen molar-refractivity contribution in [2.24, 2.45) is 5.73 Å². The molecule has 1 aromatic heterocycles. The van der Waals surface area contributed by atoms with E-state index < -0.39 is 0 Å². The normalized spacial score (nSPS) is 10.8. The minimum Gasteiger partial charge on any atom is -0.381 e. The number of hydrogen-bond acceptors (Lipinski definition) is 4. The zero-order valence-electron chi connectivity index (χ0n) is 11.7. The maximum atomic E-state index is 5.94. The fourth-order valence-corrected chi connectivity index (χ4v) is 1.96. The lowest BCUT2D eigenvalue weighted by Crippen LogP contribution is -2.14. The van der Waals surface area contributed by atoms with Gasteiger partial charge in [-0.05, 0) is 12.1 Å². The Hall–Kier alpha value is -1.65. The molecule has 0 radical (unpaired) electrons. The molecule has 0 spiro atoms. The summed E-state index contributed by atoms with van der Waals surface area (Å²) in [5.41, 5.74) is 8.33. The summed E-state index contributed by atoms with van der Waals surface area (Å²) < 4.78 is 0. The van der Waals surface area contributed by atoms with Crippen LogP contribution in [0.25, 0.3) is 11.3 Å². The molecular formula is C15H19ClN4. The average Bonchev–Trinajstić information content (AvgIpc) is 2.45. The number of nitrogens with one attached hydrogen (secondary N) is 1. The van der Waals surface area contributed by atoms with Crippen LogP contribution >= 0.6 is 11.6 Å². The van der Waals surface area contributed by atoms with Gasteiger partial charge in [0.15, 0.2) is 0 Å². The zero-order valence-corrected chi connectivity index (χ0v) is 12.5. The molecule has 0 unspecified atom stereocenters. The molecule has 0 bridgehead atoms. The van der Waals surface area contributed by atoms with Crippen LogP contribution in [0.4, 0.5) is 5.69 Å². The number of halogens is 1. The van der Waals surface area contributed by atoms with Gasteiger partial charge in [0.05, 0.1) is 17.6 Å². The van der Waals surface area contributed by atoms with Gasteiger partial charge in [0.25, 0.3) is 0 Å². The monoisotopic (exact) mass is 290 g/mol. The third-order valence-electron chi connectivity index (χ3n) is 2.90. The predicted octanol–water partition coefficient (Wildman–Crippen LogP) is 3.29. The first-order valence-electron chi connectivity index (χ1n) is 6.68. The van der Waals surface area contributed by atoms with E-state index in [0.717, 1.165) is 22.8 Å². The molecule has 0 amide bonds. The number of aromatic nitrogens is 2. The topological polar surface area (TPSA) is 63.8 Å². The highest BCUT2D eigenvalue weighted by Crippen LogP contribution is 2.27. The summed E-state index contributed by atoms with van der Waals surface area (Å²) in [6, 6.07) is 7.65. The molecule has 1 aromatic carbocycles. The van der Waals surface area contributed by atoms with Gasteiger partial charge in [-0.3, -0.25) is 0 Å². The number of nitrogens with two attached hydrogens (primary N) is 1.